The third-order valence-electron chi connectivity index (χ3n) is 14.9. The predicted octanol–water partition coefficient (Wildman–Crippen LogP) is 16.4. The molecule has 0 radical (unpaired) electrons. The molecular formula is C64H44BN3O3. The minimum atomic E-state index is -0.346. The summed E-state index contributed by atoms with van der Waals surface area (Å²) in [4.78, 5) is 4.92. The lowest BCUT2D eigenvalue weighted by molar-refractivity contribution is 0.360. The minimum absolute atomic E-state index is 0.0832. The van der Waals surface area contributed by atoms with Crippen LogP contribution in [0.1, 0.15) is 26.3 Å². The molecule has 0 saturated carbocycles. The van der Waals surface area contributed by atoms with Crippen molar-refractivity contribution in [1.82, 2.24) is 4.48 Å². The molecule has 15 rings (SSSR count). The largest absolute Gasteiger partial charge is 0.450 e. The average molecular weight is 914 g/mol. The van der Waals surface area contributed by atoms with E-state index in [0.29, 0.717) is 23.0 Å². The van der Waals surface area contributed by atoms with Crippen LogP contribution in [0.3, 0.4) is 0 Å². The highest BCUT2D eigenvalue weighted by atomic mass is 16.6. The fourth-order valence-corrected chi connectivity index (χ4v) is 11.8. The molecule has 0 aliphatic carbocycles. The smallest absolute Gasteiger partial charge is 0.336 e. The standard InChI is InChI=1S/C64H44BN3O3/c1-64(2,3)41-31-33-50(47(36-41)39-19-7-4-8-20-39)67-52-38-57-56(69-54-29-17-18-30-55(54)70-57)37-49(52)65-60-48(35-40-21-13-14-26-44(40)62(60)67)45-32-34-51(66(42-22-9-5-10-23-42)43-24-11-6-12-25-43)59-58-46-27-15-16-28-53(46)71-63(58)68(65)61(45)59/h4-38H,1-3H3. The van der Waals surface area contributed by atoms with Gasteiger partial charge in [-0.2, -0.15) is 0 Å². The van der Waals surface area contributed by atoms with Gasteiger partial charge in [-0.15, -0.1) is 0 Å². The lowest BCUT2D eigenvalue weighted by atomic mass is 9.45. The van der Waals surface area contributed by atoms with Gasteiger partial charge in [-0.1, -0.05) is 154 Å². The Balaban J connectivity index is 1.11. The summed E-state index contributed by atoms with van der Waals surface area (Å²) in [7, 11) is 0. The van der Waals surface area contributed by atoms with E-state index in [1.807, 2.05) is 24.3 Å². The first kappa shape index (κ1) is 40.0. The van der Waals surface area contributed by atoms with E-state index >= 15 is 0 Å². The highest BCUT2D eigenvalue weighted by Gasteiger charge is 2.46. The lowest BCUT2D eigenvalue weighted by Crippen LogP contribution is -2.56. The third-order valence-corrected chi connectivity index (χ3v) is 14.9. The van der Waals surface area contributed by atoms with Crippen LogP contribution in [0.5, 0.6) is 23.0 Å². The molecule has 0 amide bonds. The minimum Gasteiger partial charge on any atom is -0.450 e. The molecule has 12 aromatic rings. The van der Waals surface area contributed by atoms with E-state index in [1.165, 1.54) is 16.6 Å². The number of rotatable bonds is 5. The molecule has 5 heterocycles. The van der Waals surface area contributed by atoms with Crippen LogP contribution in [-0.4, -0.2) is 11.3 Å². The third kappa shape index (κ3) is 5.78. The highest BCUT2D eigenvalue weighted by Crippen LogP contribution is 2.56. The summed E-state index contributed by atoms with van der Waals surface area (Å²) in [5, 5.41) is 5.61. The van der Waals surface area contributed by atoms with Crippen LogP contribution >= 0.6 is 0 Å². The number of benzene rings is 10. The Morgan fingerprint density at radius 1 is 0.493 bits per heavy atom. The van der Waals surface area contributed by atoms with Crippen LogP contribution in [0.2, 0.25) is 0 Å². The molecule has 71 heavy (non-hydrogen) atoms. The van der Waals surface area contributed by atoms with Crippen LogP contribution < -0.4 is 30.2 Å². The summed E-state index contributed by atoms with van der Waals surface area (Å²) in [5.74, 6) is 2.71. The first-order valence-corrected chi connectivity index (χ1v) is 24.4. The normalized spacial score (nSPS) is 13.2. The molecule has 3 aliphatic heterocycles. The number of hydrogen-bond donors (Lipinski definition) is 0. The number of aromatic nitrogens is 1. The molecule has 6 nitrogen and oxygen atoms in total. The van der Waals surface area contributed by atoms with Crippen molar-refractivity contribution in [2.45, 2.75) is 26.2 Å². The SMILES string of the molecule is CC(C)(C)c1ccc(N2c3cc4c(cc3B3c5c(cc6ccccc6c52)-c2ccc(N(c5ccccc5)c5ccccc5)c5c6c7ccccc7oc6n3c25)Oc2ccccc2O4)c(-c2ccccc2)c1. The second kappa shape index (κ2) is 14.8. The van der Waals surface area contributed by atoms with E-state index in [2.05, 4.69) is 223 Å². The number of hydrogen-bond acceptors (Lipinski definition) is 5. The van der Waals surface area contributed by atoms with E-state index in [1.54, 1.807) is 0 Å². The first-order valence-electron chi connectivity index (χ1n) is 24.4. The maximum atomic E-state index is 7.28. The van der Waals surface area contributed by atoms with E-state index < -0.39 is 0 Å². The van der Waals surface area contributed by atoms with Crippen molar-refractivity contribution < 1.29 is 13.9 Å². The van der Waals surface area contributed by atoms with Gasteiger partial charge < -0.3 is 28.2 Å². The average Bonchev–Trinajstić information content (AvgIpc) is 3.97. The Labute approximate surface area is 411 Å². The number of fused-ring (bicyclic) bond motifs is 13. The van der Waals surface area contributed by atoms with E-state index in [-0.39, 0.29) is 12.3 Å². The summed E-state index contributed by atoms with van der Waals surface area (Å²) in [6, 6.07) is 76.2. The van der Waals surface area contributed by atoms with Crippen molar-refractivity contribution in [3.05, 3.63) is 218 Å². The second-order valence-corrected chi connectivity index (χ2v) is 20.0. The molecule has 0 atom stereocenters. The first-order chi connectivity index (χ1) is 34.9. The van der Waals surface area contributed by atoms with E-state index in [9.17, 15) is 0 Å². The summed E-state index contributed by atoms with van der Waals surface area (Å²) < 4.78 is 23.5. The molecule has 0 bridgehead atoms. The van der Waals surface area contributed by atoms with Crippen LogP contribution in [0, 0.1) is 0 Å². The number of para-hydroxylation sites is 5. The fraction of sp³-hybridized carbons (Fsp3) is 0.0625. The zero-order chi connectivity index (χ0) is 47.1. The highest BCUT2D eigenvalue weighted by molar-refractivity contribution is 6.90. The van der Waals surface area contributed by atoms with Gasteiger partial charge in [0.05, 0.1) is 22.4 Å². The summed E-state index contributed by atoms with van der Waals surface area (Å²) in [5.41, 5.74) is 17.3. The lowest BCUT2D eigenvalue weighted by Gasteiger charge is -2.42. The maximum absolute atomic E-state index is 7.28. The Morgan fingerprint density at radius 2 is 1.13 bits per heavy atom. The summed E-state index contributed by atoms with van der Waals surface area (Å²) in [6.07, 6.45) is 0. The molecule has 0 fully saturated rings. The van der Waals surface area contributed by atoms with Crippen LogP contribution in [0.4, 0.5) is 34.1 Å². The molecule has 10 aromatic carbocycles. The molecule has 0 unspecified atom stereocenters. The zero-order valence-electron chi connectivity index (χ0n) is 39.4. The van der Waals surface area contributed by atoms with Gasteiger partial charge in [0.25, 0.3) is 0 Å². The molecular weight excluding hydrogens is 870 g/mol. The molecule has 7 heteroatoms. The number of nitrogens with zero attached hydrogens (tertiary/aromatic N) is 3. The maximum Gasteiger partial charge on any atom is 0.336 e. The summed E-state index contributed by atoms with van der Waals surface area (Å²) in [6.45, 7) is 6.52. The van der Waals surface area contributed by atoms with Gasteiger partial charge in [-0.05, 0) is 111 Å². The Bertz CT molecular complexity index is 4130. The van der Waals surface area contributed by atoms with Crippen molar-refractivity contribution in [2.24, 2.45) is 0 Å². The van der Waals surface area contributed by atoms with Gasteiger partial charge in [-0.3, -0.25) is 0 Å². The van der Waals surface area contributed by atoms with Crippen molar-refractivity contribution >= 4 is 95.6 Å². The van der Waals surface area contributed by atoms with Gasteiger partial charge in [0.15, 0.2) is 28.7 Å². The summed E-state index contributed by atoms with van der Waals surface area (Å²) >= 11 is 0. The van der Waals surface area contributed by atoms with Gasteiger partial charge in [-0.25, -0.2) is 0 Å². The predicted molar refractivity (Wildman–Crippen MR) is 293 cm³/mol. The molecule has 0 saturated heterocycles. The van der Waals surface area contributed by atoms with Gasteiger partial charge >= 0.3 is 6.85 Å². The monoisotopic (exact) mass is 913 g/mol. The van der Waals surface area contributed by atoms with E-state index in [0.717, 1.165) is 100 Å². The number of anilines is 6. The van der Waals surface area contributed by atoms with E-state index in [4.69, 9.17) is 13.9 Å². The molecule has 0 N–H and O–H groups in total. The Morgan fingerprint density at radius 3 is 1.85 bits per heavy atom. The van der Waals surface area contributed by atoms with Crippen LogP contribution in [0.15, 0.2) is 217 Å². The number of furan rings is 1. The Hall–Kier alpha value is -8.94. The molecule has 2 aromatic heterocycles. The van der Waals surface area contributed by atoms with Gasteiger partial charge in [0.2, 0.25) is 0 Å². The molecule has 3 aliphatic rings. The Kier molecular flexibility index (Phi) is 8.33. The molecule has 0 spiro atoms. The number of ether oxygens (including phenoxy) is 2. The zero-order valence-corrected chi connectivity index (χ0v) is 39.4. The van der Waals surface area contributed by atoms with Crippen molar-refractivity contribution in [3.63, 3.8) is 0 Å². The second-order valence-electron chi connectivity index (χ2n) is 20.0. The topological polar surface area (TPSA) is 43.0 Å². The van der Waals surface area contributed by atoms with Gasteiger partial charge in [0, 0.05) is 55.9 Å². The van der Waals surface area contributed by atoms with Crippen molar-refractivity contribution in [3.8, 4) is 45.3 Å². The fourth-order valence-electron chi connectivity index (χ4n) is 11.8. The van der Waals surface area contributed by atoms with Gasteiger partial charge in [0.1, 0.15) is 5.58 Å². The quantitative estimate of drug-likeness (QED) is 0.161. The van der Waals surface area contributed by atoms with Crippen molar-refractivity contribution in [1.29, 1.82) is 0 Å². The van der Waals surface area contributed by atoms with Crippen LogP contribution in [-0.2, 0) is 5.41 Å². The van der Waals surface area contributed by atoms with Crippen LogP contribution in [0.25, 0.3) is 66.0 Å². The van der Waals surface area contributed by atoms with Crippen molar-refractivity contribution in [2.75, 3.05) is 9.80 Å². The molecule has 336 valence electrons.